The fourth-order valence-corrected chi connectivity index (χ4v) is 2.05. The topological polar surface area (TPSA) is 81.7 Å². The predicted molar refractivity (Wildman–Crippen MR) is 88.1 cm³/mol. The molecule has 24 heavy (non-hydrogen) atoms. The molecule has 0 aliphatic rings. The fourth-order valence-electron chi connectivity index (χ4n) is 1.84. The van der Waals surface area contributed by atoms with Crippen LogP contribution in [0.3, 0.4) is 0 Å². The molecule has 2 aromatic carbocycles. The lowest BCUT2D eigenvalue weighted by Gasteiger charge is -2.08. The maximum atomic E-state index is 11.8. The first-order valence-corrected chi connectivity index (χ1v) is 7.29. The van der Waals surface area contributed by atoms with Crippen LogP contribution in [0.4, 0.5) is 5.69 Å². The van der Waals surface area contributed by atoms with E-state index in [9.17, 15) is 14.4 Å². The molecule has 2 rings (SSSR count). The molecule has 0 bridgehead atoms. The highest BCUT2D eigenvalue weighted by Gasteiger charge is 2.13. The van der Waals surface area contributed by atoms with E-state index in [1.54, 1.807) is 30.3 Å². The van der Waals surface area contributed by atoms with Crippen molar-refractivity contribution in [3.63, 3.8) is 0 Å². The zero-order chi connectivity index (χ0) is 17.5. The van der Waals surface area contributed by atoms with Crippen LogP contribution in [0.1, 0.15) is 20.7 Å². The minimum atomic E-state index is -0.684. The number of carbonyl (C=O) groups is 3. The lowest BCUT2D eigenvalue weighted by atomic mass is 10.2. The highest BCUT2D eigenvalue weighted by molar-refractivity contribution is 6.33. The standard InChI is InChI=1S/C17H14ClNO5/c1-23-16(21)11-6-8-12(9-7-11)19-15(20)10-24-17(22)13-4-2-3-5-14(13)18/h2-9H,10H2,1H3,(H,19,20). The highest BCUT2D eigenvalue weighted by atomic mass is 35.5. The minimum absolute atomic E-state index is 0.189. The summed E-state index contributed by atoms with van der Waals surface area (Å²) in [6.45, 7) is -0.456. The Morgan fingerprint density at radius 1 is 1.00 bits per heavy atom. The van der Waals surface area contributed by atoms with Gasteiger partial charge in [-0.1, -0.05) is 23.7 Å². The van der Waals surface area contributed by atoms with Crippen LogP contribution in [0.15, 0.2) is 48.5 Å². The van der Waals surface area contributed by atoms with E-state index in [0.29, 0.717) is 11.3 Å². The van der Waals surface area contributed by atoms with E-state index in [1.165, 1.54) is 25.3 Å². The number of methoxy groups -OCH3 is 1. The average molecular weight is 348 g/mol. The second-order valence-corrected chi connectivity index (χ2v) is 5.08. The summed E-state index contributed by atoms with van der Waals surface area (Å²) in [5.74, 6) is -1.67. The van der Waals surface area contributed by atoms with Crippen molar-refractivity contribution < 1.29 is 23.9 Å². The van der Waals surface area contributed by atoms with Gasteiger partial charge in [-0.05, 0) is 36.4 Å². The molecule has 0 saturated carbocycles. The van der Waals surface area contributed by atoms with Gasteiger partial charge < -0.3 is 14.8 Å². The van der Waals surface area contributed by atoms with Crippen LogP contribution < -0.4 is 5.32 Å². The van der Waals surface area contributed by atoms with Crippen molar-refractivity contribution in [3.05, 3.63) is 64.7 Å². The van der Waals surface area contributed by atoms with Crippen LogP contribution in [0.2, 0.25) is 5.02 Å². The number of carbonyl (C=O) groups excluding carboxylic acids is 3. The van der Waals surface area contributed by atoms with Gasteiger partial charge in [0.1, 0.15) is 0 Å². The Bertz CT molecular complexity index is 758. The summed E-state index contributed by atoms with van der Waals surface area (Å²) in [7, 11) is 1.28. The zero-order valence-corrected chi connectivity index (χ0v) is 13.5. The number of anilines is 1. The Balaban J connectivity index is 1.88. The number of amides is 1. The summed E-state index contributed by atoms with van der Waals surface area (Å²) < 4.78 is 9.49. The maximum Gasteiger partial charge on any atom is 0.340 e. The van der Waals surface area contributed by atoms with Crippen molar-refractivity contribution in [2.24, 2.45) is 0 Å². The van der Waals surface area contributed by atoms with E-state index >= 15 is 0 Å². The van der Waals surface area contributed by atoms with Gasteiger partial charge in [0.25, 0.3) is 5.91 Å². The van der Waals surface area contributed by atoms with Crippen LogP contribution in [0.5, 0.6) is 0 Å². The molecule has 6 nitrogen and oxygen atoms in total. The summed E-state index contributed by atoms with van der Waals surface area (Å²) in [4.78, 5) is 34.9. The Hall–Kier alpha value is -2.86. The second kappa shape index (κ2) is 8.12. The van der Waals surface area contributed by atoms with Crippen LogP contribution in [-0.2, 0) is 14.3 Å². The van der Waals surface area contributed by atoms with E-state index in [2.05, 4.69) is 10.1 Å². The quantitative estimate of drug-likeness (QED) is 0.841. The molecule has 0 atom stereocenters. The van der Waals surface area contributed by atoms with E-state index in [0.717, 1.165) is 0 Å². The minimum Gasteiger partial charge on any atom is -0.465 e. The maximum absolute atomic E-state index is 11.8. The smallest absolute Gasteiger partial charge is 0.340 e. The SMILES string of the molecule is COC(=O)c1ccc(NC(=O)COC(=O)c2ccccc2Cl)cc1. The van der Waals surface area contributed by atoms with Crippen molar-refractivity contribution in [2.45, 2.75) is 0 Å². The van der Waals surface area contributed by atoms with Crippen molar-refractivity contribution in [1.82, 2.24) is 0 Å². The molecule has 0 spiro atoms. The average Bonchev–Trinajstić information content (AvgIpc) is 2.60. The third-order valence-electron chi connectivity index (χ3n) is 3.02. The van der Waals surface area contributed by atoms with Gasteiger partial charge in [-0.25, -0.2) is 9.59 Å². The molecule has 0 aliphatic heterocycles. The van der Waals surface area contributed by atoms with Crippen LogP contribution >= 0.6 is 11.6 Å². The van der Waals surface area contributed by atoms with Gasteiger partial charge >= 0.3 is 11.9 Å². The summed E-state index contributed by atoms with van der Waals surface area (Å²) in [5, 5.41) is 2.80. The molecule has 0 saturated heterocycles. The molecule has 2 aromatic rings. The third kappa shape index (κ3) is 4.57. The van der Waals surface area contributed by atoms with Crippen molar-refractivity contribution in [3.8, 4) is 0 Å². The summed E-state index contributed by atoms with van der Waals surface area (Å²) in [5.41, 5.74) is 1.01. The number of halogens is 1. The lowest BCUT2D eigenvalue weighted by Crippen LogP contribution is -2.21. The monoisotopic (exact) mass is 347 g/mol. The number of ether oxygens (including phenoxy) is 2. The van der Waals surface area contributed by atoms with E-state index in [1.807, 2.05) is 0 Å². The third-order valence-corrected chi connectivity index (χ3v) is 3.35. The molecule has 0 unspecified atom stereocenters. The van der Waals surface area contributed by atoms with Gasteiger partial charge in [0.05, 0.1) is 23.3 Å². The Kier molecular flexibility index (Phi) is 5.92. The fraction of sp³-hybridized carbons (Fsp3) is 0.118. The summed E-state index contributed by atoms with van der Waals surface area (Å²) in [6, 6.07) is 12.5. The first kappa shape index (κ1) is 17.5. The van der Waals surface area contributed by atoms with Gasteiger partial charge in [-0.2, -0.15) is 0 Å². The number of esters is 2. The Morgan fingerprint density at radius 3 is 2.29 bits per heavy atom. The molecule has 0 aromatic heterocycles. The van der Waals surface area contributed by atoms with Crippen LogP contribution in [-0.4, -0.2) is 31.6 Å². The second-order valence-electron chi connectivity index (χ2n) is 4.67. The lowest BCUT2D eigenvalue weighted by molar-refractivity contribution is -0.119. The molecule has 0 fully saturated rings. The van der Waals surface area contributed by atoms with E-state index < -0.39 is 24.5 Å². The number of rotatable bonds is 5. The highest BCUT2D eigenvalue weighted by Crippen LogP contribution is 2.16. The van der Waals surface area contributed by atoms with Crippen molar-refractivity contribution >= 4 is 35.1 Å². The zero-order valence-electron chi connectivity index (χ0n) is 12.7. The predicted octanol–water partition coefficient (Wildman–Crippen LogP) is 2.92. The number of nitrogens with one attached hydrogen (secondary N) is 1. The van der Waals surface area contributed by atoms with Gasteiger partial charge in [0.2, 0.25) is 0 Å². The van der Waals surface area contributed by atoms with Gasteiger partial charge in [0, 0.05) is 5.69 Å². The summed E-state index contributed by atoms with van der Waals surface area (Å²) >= 11 is 5.88. The molecule has 124 valence electrons. The first-order chi connectivity index (χ1) is 11.5. The molecule has 7 heteroatoms. The first-order valence-electron chi connectivity index (χ1n) is 6.91. The molecular weight excluding hydrogens is 334 g/mol. The summed E-state index contributed by atoms with van der Waals surface area (Å²) in [6.07, 6.45) is 0. The number of benzene rings is 2. The van der Waals surface area contributed by atoms with Crippen LogP contribution in [0.25, 0.3) is 0 Å². The largest absolute Gasteiger partial charge is 0.465 e. The number of hydrogen-bond acceptors (Lipinski definition) is 5. The van der Waals surface area contributed by atoms with Crippen LogP contribution in [0, 0.1) is 0 Å². The normalized spacial score (nSPS) is 9.92. The van der Waals surface area contributed by atoms with Gasteiger partial charge in [-0.15, -0.1) is 0 Å². The van der Waals surface area contributed by atoms with Gasteiger partial charge in [-0.3, -0.25) is 4.79 Å². The van der Waals surface area contributed by atoms with Gasteiger partial charge in [0.15, 0.2) is 6.61 Å². The molecule has 0 heterocycles. The molecule has 0 radical (unpaired) electrons. The van der Waals surface area contributed by atoms with E-state index in [4.69, 9.17) is 16.3 Å². The molecule has 1 amide bonds. The van der Waals surface area contributed by atoms with E-state index in [-0.39, 0.29) is 10.6 Å². The van der Waals surface area contributed by atoms with Crippen molar-refractivity contribution in [2.75, 3.05) is 19.0 Å². The molecular formula is C17H14ClNO5. The Labute approximate surface area is 143 Å². The van der Waals surface area contributed by atoms with Crippen molar-refractivity contribution in [1.29, 1.82) is 0 Å². The molecule has 0 aliphatic carbocycles. The number of hydrogen-bond donors (Lipinski definition) is 1. The molecule has 1 N–H and O–H groups in total. The Morgan fingerprint density at radius 2 is 1.67 bits per heavy atom.